The van der Waals surface area contributed by atoms with Crippen molar-refractivity contribution in [3.05, 3.63) is 157 Å². The molecule has 0 aliphatic carbocycles. The van der Waals surface area contributed by atoms with E-state index in [9.17, 15) is 0 Å². The van der Waals surface area contributed by atoms with Crippen LogP contribution in [0.5, 0.6) is 0 Å². The summed E-state index contributed by atoms with van der Waals surface area (Å²) < 4.78 is 7.17. The number of rotatable bonds is 4. The fraction of sp³-hybridized carbons (Fsp3) is 0.0270. The Hall–Kier alpha value is -5.28. The summed E-state index contributed by atoms with van der Waals surface area (Å²) in [6.07, 6.45) is 6.32. The molecule has 0 bridgehead atoms. The number of hydrogen-bond acceptors (Lipinski definition) is 0. The highest BCUT2D eigenvalue weighted by molar-refractivity contribution is 6.09. The highest BCUT2D eigenvalue weighted by Crippen LogP contribution is 2.37. The van der Waals surface area contributed by atoms with Crippen molar-refractivity contribution in [2.24, 2.45) is 0 Å². The summed E-state index contributed by atoms with van der Waals surface area (Å²) in [5, 5.41) is 2.55. The van der Waals surface area contributed by atoms with E-state index in [1.165, 1.54) is 49.9 Å². The number of nitrogens with zero attached hydrogens (tertiary/aromatic N) is 3. The van der Waals surface area contributed by atoms with Gasteiger partial charge in [-0.3, -0.25) is 0 Å². The molecule has 3 nitrogen and oxygen atoms in total. The van der Waals surface area contributed by atoms with E-state index in [4.69, 9.17) is 0 Å². The van der Waals surface area contributed by atoms with Crippen LogP contribution in [0, 0.1) is 0 Å². The summed E-state index contributed by atoms with van der Waals surface area (Å²) in [4.78, 5) is 0. The zero-order chi connectivity index (χ0) is 26.6. The highest BCUT2D eigenvalue weighted by atomic mass is 15.2. The number of benzene rings is 4. The van der Waals surface area contributed by atoms with Crippen LogP contribution in [0.3, 0.4) is 0 Å². The summed E-state index contributed by atoms with van der Waals surface area (Å²) >= 11 is 0. The molecule has 1 atom stereocenters. The predicted molar refractivity (Wildman–Crippen MR) is 162 cm³/mol. The predicted octanol–water partition coefficient (Wildman–Crippen LogP) is 7.74. The lowest BCUT2D eigenvalue weighted by Gasteiger charge is -2.11. The van der Waals surface area contributed by atoms with E-state index in [1.54, 1.807) is 0 Å². The SMILES string of the molecule is C=Cc1ccccc1-c1cccc[n+]1C1c2ccc(-n3c4ccccc4c4ccccc43)cc2-c2cccc[n+]21. The topological polar surface area (TPSA) is 12.7 Å². The molecule has 1 aliphatic heterocycles. The lowest BCUT2D eigenvalue weighted by molar-refractivity contribution is -0.920. The van der Waals surface area contributed by atoms with Gasteiger partial charge in [0.1, 0.15) is 5.56 Å². The Balaban J connectivity index is 1.37. The summed E-state index contributed by atoms with van der Waals surface area (Å²) in [5.41, 5.74) is 10.8. The molecule has 0 spiro atoms. The van der Waals surface area contributed by atoms with E-state index in [1.807, 2.05) is 6.08 Å². The molecule has 1 unspecified atom stereocenters. The Morgan fingerprint density at radius 2 is 1.15 bits per heavy atom. The monoisotopic (exact) mass is 513 g/mol. The van der Waals surface area contributed by atoms with Crippen molar-refractivity contribution in [2.45, 2.75) is 6.17 Å². The Kier molecular flexibility index (Phi) is 5.04. The van der Waals surface area contributed by atoms with Gasteiger partial charge >= 0.3 is 6.17 Å². The molecule has 8 rings (SSSR count). The average molecular weight is 514 g/mol. The molecule has 0 amide bonds. The smallest absolute Gasteiger partial charge is 0.309 e. The number of fused-ring (bicyclic) bond motifs is 6. The van der Waals surface area contributed by atoms with Gasteiger partial charge in [-0.15, -0.1) is 9.13 Å². The molecule has 0 saturated carbocycles. The fourth-order valence-corrected chi connectivity index (χ4v) is 6.47. The average Bonchev–Trinajstić information content (AvgIpc) is 3.53. The van der Waals surface area contributed by atoms with E-state index in [0.29, 0.717) is 0 Å². The Bertz CT molecular complexity index is 2050. The lowest BCUT2D eigenvalue weighted by Crippen LogP contribution is -2.56. The first-order valence-electron chi connectivity index (χ1n) is 13.7. The molecule has 1 aliphatic rings. The van der Waals surface area contributed by atoms with Crippen molar-refractivity contribution in [3.8, 4) is 28.2 Å². The van der Waals surface area contributed by atoms with Crippen molar-refractivity contribution >= 4 is 27.9 Å². The van der Waals surface area contributed by atoms with Crippen LogP contribution in [0.15, 0.2) is 146 Å². The van der Waals surface area contributed by atoms with Gasteiger partial charge in [-0.1, -0.05) is 67.3 Å². The third-order valence-electron chi connectivity index (χ3n) is 8.19. The van der Waals surface area contributed by atoms with Crippen LogP contribution < -0.4 is 9.13 Å². The van der Waals surface area contributed by atoms with Crippen molar-refractivity contribution in [1.82, 2.24) is 4.57 Å². The maximum atomic E-state index is 4.08. The molecule has 188 valence electrons. The van der Waals surface area contributed by atoms with Crippen molar-refractivity contribution in [2.75, 3.05) is 0 Å². The summed E-state index contributed by atoms with van der Waals surface area (Å²) in [7, 11) is 0. The van der Waals surface area contributed by atoms with Gasteiger partial charge in [-0.25, -0.2) is 0 Å². The van der Waals surface area contributed by atoms with Gasteiger partial charge in [0.25, 0.3) is 0 Å². The van der Waals surface area contributed by atoms with Crippen LogP contribution in [-0.4, -0.2) is 4.57 Å². The summed E-state index contributed by atoms with van der Waals surface area (Å²) in [6.45, 7) is 4.08. The van der Waals surface area contributed by atoms with Gasteiger partial charge in [0.05, 0.1) is 22.2 Å². The maximum absolute atomic E-state index is 4.08. The minimum absolute atomic E-state index is 0.00697. The van der Waals surface area contributed by atoms with E-state index >= 15 is 0 Å². The maximum Gasteiger partial charge on any atom is 0.381 e. The minimum Gasteiger partial charge on any atom is -0.309 e. The quantitative estimate of drug-likeness (QED) is 0.214. The summed E-state index contributed by atoms with van der Waals surface area (Å²) in [5.74, 6) is 0. The molecule has 4 heterocycles. The minimum atomic E-state index is -0.00697. The van der Waals surface area contributed by atoms with E-state index in [2.05, 4.69) is 160 Å². The normalized spacial score (nSPS) is 13.8. The summed E-state index contributed by atoms with van der Waals surface area (Å²) in [6, 6.07) is 45.7. The Labute approximate surface area is 233 Å². The van der Waals surface area contributed by atoms with Crippen LogP contribution in [0.1, 0.15) is 17.3 Å². The molecule has 4 aromatic carbocycles. The molecule has 40 heavy (non-hydrogen) atoms. The van der Waals surface area contributed by atoms with Crippen LogP contribution in [0.2, 0.25) is 0 Å². The number of hydrogen-bond donors (Lipinski definition) is 0. The Morgan fingerprint density at radius 1 is 0.575 bits per heavy atom. The Morgan fingerprint density at radius 3 is 1.82 bits per heavy atom. The molecule has 0 radical (unpaired) electrons. The van der Waals surface area contributed by atoms with Crippen molar-refractivity contribution in [3.63, 3.8) is 0 Å². The van der Waals surface area contributed by atoms with Gasteiger partial charge in [0.15, 0.2) is 12.4 Å². The molecule has 3 heteroatoms. The first-order chi connectivity index (χ1) is 19.8. The second-order valence-corrected chi connectivity index (χ2v) is 10.3. The molecule has 0 saturated heterocycles. The highest BCUT2D eigenvalue weighted by Gasteiger charge is 2.44. The number of pyridine rings is 2. The molecule has 0 fully saturated rings. The zero-order valence-corrected chi connectivity index (χ0v) is 22.0. The van der Waals surface area contributed by atoms with Gasteiger partial charge in [-0.05, 0) is 54.1 Å². The van der Waals surface area contributed by atoms with Crippen molar-refractivity contribution in [1.29, 1.82) is 0 Å². The second-order valence-electron chi connectivity index (χ2n) is 10.3. The zero-order valence-electron chi connectivity index (χ0n) is 22.0. The molecule has 7 aromatic rings. The first kappa shape index (κ1) is 22.7. The van der Waals surface area contributed by atoms with Crippen LogP contribution >= 0.6 is 0 Å². The van der Waals surface area contributed by atoms with Crippen molar-refractivity contribution < 1.29 is 9.13 Å². The number of para-hydroxylation sites is 2. The fourth-order valence-electron chi connectivity index (χ4n) is 6.47. The van der Waals surface area contributed by atoms with E-state index < -0.39 is 0 Å². The molecule has 3 aromatic heterocycles. The first-order valence-corrected chi connectivity index (χ1v) is 13.7. The third-order valence-corrected chi connectivity index (χ3v) is 8.19. The van der Waals surface area contributed by atoms with Crippen LogP contribution in [0.4, 0.5) is 0 Å². The standard InChI is InChI=1S/C37H27N3/c1-2-26-13-3-4-14-28(26)33-17-9-11-23-38(33)37-31-22-21-27(25-32(31)34-18-10-12-24-39(34)37)40-35-19-7-5-15-29(35)30-16-6-8-20-36(30)40/h2-25,37H,1H2/q+2. The third kappa shape index (κ3) is 3.25. The van der Waals surface area contributed by atoms with Gasteiger partial charge in [0.2, 0.25) is 11.4 Å². The largest absolute Gasteiger partial charge is 0.381 e. The molecular formula is C37H27N3+2. The van der Waals surface area contributed by atoms with Crippen LogP contribution in [0.25, 0.3) is 56.1 Å². The van der Waals surface area contributed by atoms with E-state index in [-0.39, 0.29) is 6.17 Å². The second kappa shape index (κ2) is 8.89. The van der Waals surface area contributed by atoms with Gasteiger partial charge < -0.3 is 4.57 Å². The molecular weight excluding hydrogens is 486 g/mol. The van der Waals surface area contributed by atoms with Gasteiger partial charge in [0, 0.05) is 40.7 Å². The van der Waals surface area contributed by atoms with Crippen LogP contribution in [-0.2, 0) is 0 Å². The molecule has 0 N–H and O–H groups in total. The lowest BCUT2D eigenvalue weighted by atomic mass is 10.0. The van der Waals surface area contributed by atoms with E-state index in [0.717, 1.165) is 11.3 Å². The number of aromatic nitrogens is 3. The van der Waals surface area contributed by atoms with Gasteiger partial charge in [-0.2, -0.15) is 0 Å².